The molecule has 1 aliphatic heterocycles. The molecule has 1 N–H and O–H groups in total. The first kappa shape index (κ1) is 21.9. The van der Waals surface area contributed by atoms with E-state index in [1.807, 2.05) is 6.07 Å². The molecule has 1 amide bonds. The van der Waals surface area contributed by atoms with Crippen LogP contribution in [0.15, 0.2) is 35.4 Å². The Balaban J connectivity index is 1.40. The smallest absolute Gasteiger partial charge is 0.381 e. The van der Waals surface area contributed by atoms with Crippen molar-refractivity contribution in [3.63, 3.8) is 0 Å². The molecule has 8 heteroatoms. The molecule has 3 rings (SSSR count). The SMILES string of the molecule is O=C(CCCCCSc1ccnc2cc(C(F)(F)F)ccc12)NC1CCOCC1. The van der Waals surface area contributed by atoms with E-state index in [2.05, 4.69) is 10.3 Å². The molecule has 0 atom stereocenters. The highest BCUT2D eigenvalue weighted by Crippen LogP contribution is 2.33. The summed E-state index contributed by atoms with van der Waals surface area (Å²) >= 11 is 1.61. The van der Waals surface area contributed by atoms with Gasteiger partial charge in [-0.05, 0) is 49.6 Å². The largest absolute Gasteiger partial charge is 0.416 e. The third-order valence-electron chi connectivity index (χ3n) is 4.92. The van der Waals surface area contributed by atoms with E-state index in [4.69, 9.17) is 4.74 Å². The zero-order valence-corrected chi connectivity index (χ0v) is 17.0. The van der Waals surface area contributed by atoms with Crippen LogP contribution in [0.2, 0.25) is 0 Å². The van der Waals surface area contributed by atoms with Crippen molar-refractivity contribution in [3.05, 3.63) is 36.0 Å². The molecular weight excluding hydrogens is 401 g/mol. The fourth-order valence-electron chi connectivity index (χ4n) is 3.31. The van der Waals surface area contributed by atoms with Gasteiger partial charge < -0.3 is 10.1 Å². The standard InChI is InChI=1S/C21H25F3N2O2S/c22-21(23,24)15-5-6-17-18(14-15)25-10-7-19(17)29-13-3-1-2-4-20(27)26-16-8-11-28-12-9-16/h5-7,10,14,16H,1-4,8-9,11-13H2,(H,26,27). The number of nitrogens with zero attached hydrogens (tertiary/aromatic N) is 1. The minimum atomic E-state index is -4.37. The molecule has 0 aliphatic carbocycles. The summed E-state index contributed by atoms with van der Waals surface area (Å²) in [5.74, 6) is 0.951. The van der Waals surface area contributed by atoms with Crippen LogP contribution in [0.5, 0.6) is 0 Å². The number of aromatic nitrogens is 1. The third-order valence-corrected chi connectivity index (χ3v) is 6.08. The number of amides is 1. The zero-order valence-electron chi connectivity index (χ0n) is 16.1. The molecule has 4 nitrogen and oxygen atoms in total. The van der Waals surface area contributed by atoms with Gasteiger partial charge in [-0.25, -0.2) is 0 Å². The van der Waals surface area contributed by atoms with Gasteiger partial charge in [0.05, 0.1) is 11.1 Å². The molecule has 0 spiro atoms. The molecule has 0 saturated carbocycles. The van der Waals surface area contributed by atoms with Crippen LogP contribution in [0, 0.1) is 0 Å². The van der Waals surface area contributed by atoms with Gasteiger partial charge in [-0.3, -0.25) is 9.78 Å². The fourth-order valence-corrected chi connectivity index (χ4v) is 4.37. The molecule has 158 valence electrons. The lowest BCUT2D eigenvalue weighted by molar-refractivity contribution is -0.137. The van der Waals surface area contributed by atoms with Crippen molar-refractivity contribution in [2.45, 2.75) is 55.6 Å². The number of benzene rings is 1. The normalized spacial score (nSPS) is 15.6. The average molecular weight is 427 g/mol. The van der Waals surface area contributed by atoms with Crippen LogP contribution < -0.4 is 5.32 Å². The Morgan fingerprint density at radius 3 is 2.72 bits per heavy atom. The first-order valence-corrected chi connectivity index (χ1v) is 10.9. The van der Waals surface area contributed by atoms with E-state index in [0.29, 0.717) is 25.2 Å². The van der Waals surface area contributed by atoms with E-state index in [9.17, 15) is 18.0 Å². The number of ether oxygens (including phenoxy) is 1. The topological polar surface area (TPSA) is 51.2 Å². The summed E-state index contributed by atoms with van der Waals surface area (Å²) in [4.78, 5) is 17.0. The van der Waals surface area contributed by atoms with Crippen molar-refractivity contribution in [3.8, 4) is 0 Å². The molecule has 2 aromatic rings. The predicted molar refractivity (Wildman–Crippen MR) is 108 cm³/mol. The maximum atomic E-state index is 12.9. The van der Waals surface area contributed by atoms with Crippen LogP contribution >= 0.6 is 11.8 Å². The Morgan fingerprint density at radius 2 is 1.97 bits per heavy atom. The van der Waals surface area contributed by atoms with Crippen molar-refractivity contribution in [1.82, 2.24) is 10.3 Å². The van der Waals surface area contributed by atoms with Crippen molar-refractivity contribution in [1.29, 1.82) is 0 Å². The molecule has 0 bridgehead atoms. The number of halogens is 3. The van der Waals surface area contributed by atoms with E-state index in [0.717, 1.165) is 60.3 Å². The highest BCUT2D eigenvalue weighted by Gasteiger charge is 2.30. The minimum absolute atomic E-state index is 0.102. The van der Waals surface area contributed by atoms with Gasteiger partial charge in [0.15, 0.2) is 0 Å². The number of alkyl halides is 3. The lowest BCUT2D eigenvalue weighted by atomic mass is 10.1. The number of thioether (sulfide) groups is 1. The summed E-state index contributed by atoms with van der Waals surface area (Å²) in [7, 11) is 0. The van der Waals surface area contributed by atoms with Crippen LogP contribution in [0.3, 0.4) is 0 Å². The summed E-state index contributed by atoms with van der Waals surface area (Å²) < 4.78 is 43.9. The number of carbonyl (C=O) groups is 1. The van der Waals surface area contributed by atoms with Crippen molar-refractivity contribution in [2.24, 2.45) is 0 Å². The van der Waals surface area contributed by atoms with E-state index < -0.39 is 11.7 Å². The number of carbonyl (C=O) groups excluding carboxylic acids is 1. The van der Waals surface area contributed by atoms with Crippen molar-refractivity contribution in [2.75, 3.05) is 19.0 Å². The van der Waals surface area contributed by atoms with E-state index in [-0.39, 0.29) is 11.9 Å². The molecular formula is C21H25F3N2O2S. The second-order valence-corrected chi connectivity index (χ2v) is 8.29. The zero-order chi connectivity index (χ0) is 20.7. The van der Waals surface area contributed by atoms with Crippen molar-refractivity contribution < 1.29 is 22.7 Å². The number of pyridine rings is 1. The number of rotatable bonds is 8. The Kier molecular flexibility index (Phi) is 7.77. The van der Waals surface area contributed by atoms with Gasteiger partial charge >= 0.3 is 6.18 Å². The Hall–Kier alpha value is -1.80. The molecule has 0 unspecified atom stereocenters. The van der Waals surface area contributed by atoms with Crippen molar-refractivity contribution >= 4 is 28.6 Å². The maximum Gasteiger partial charge on any atom is 0.416 e. The molecule has 1 aromatic carbocycles. The first-order chi connectivity index (χ1) is 13.9. The van der Waals surface area contributed by atoms with Gasteiger partial charge in [0.25, 0.3) is 0 Å². The third kappa shape index (κ3) is 6.60. The molecule has 1 fully saturated rings. The highest BCUT2D eigenvalue weighted by atomic mass is 32.2. The van der Waals surface area contributed by atoms with E-state index in [1.54, 1.807) is 18.0 Å². The van der Waals surface area contributed by atoms with Gasteiger partial charge in [0, 0.05) is 42.2 Å². The molecule has 1 aliphatic rings. The van der Waals surface area contributed by atoms with Crippen LogP contribution in [0.25, 0.3) is 10.9 Å². The summed E-state index contributed by atoms with van der Waals surface area (Å²) in [6.45, 7) is 1.42. The second kappa shape index (κ2) is 10.3. The summed E-state index contributed by atoms with van der Waals surface area (Å²) in [6, 6.07) is 5.77. The van der Waals surface area contributed by atoms with Crippen LogP contribution in [0.1, 0.15) is 44.1 Å². The predicted octanol–water partition coefficient (Wildman–Crippen LogP) is 5.20. The van der Waals surface area contributed by atoms with Crippen LogP contribution in [-0.2, 0) is 15.7 Å². The molecule has 1 saturated heterocycles. The molecule has 29 heavy (non-hydrogen) atoms. The van der Waals surface area contributed by atoms with E-state index in [1.165, 1.54) is 6.07 Å². The maximum absolute atomic E-state index is 12.9. The number of hydrogen-bond acceptors (Lipinski definition) is 4. The molecule has 0 radical (unpaired) electrons. The average Bonchev–Trinajstić information content (AvgIpc) is 2.70. The van der Waals surface area contributed by atoms with E-state index >= 15 is 0 Å². The number of fused-ring (bicyclic) bond motifs is 1. The molecule has 2 heterocycles. The summed E-state index contributed by atoms with van der Waals surface area (Å²) in [5, 5.41) is 3.80. The Morgan fingerprint density at radius 1 is 1.17 bits per heavy atom. The Bertz CT molecular complexity index is 823. The monoisotopic (exact) mass is 426 g/mol. The lowest BCUT2D eigenvalue weighted by Gasteiger charge is -2.23. The van der Waals surface area contributed by atoms with Gasteiger partial charge in [0.2, 0.25) is 5.91 Å². The summed E-state index contributed by atoms with van der Waals surface area (Å²) in [6.07, 6.45) is 2.19. The number of unbranched alkanes of at least 4 members (excludes halogenated alkanes) is 2. The number of nitrogens with one attached hydrogen (secondary N) is 1. The summed E-state index contributed by atoms with van der Waals surface area (Å²) in [5.41, 5.74) is -0.326. The molecule has 1 aromatic heterocycles. The fraction of sp³-hybridized carbons (Fsp3) is 0.524. The Labute approximate surface area is 172 Å². The first-order valence-electron chi connectivity index (χ1n) is 9.89. The second-order valence-electron chi connectivity index (χ2n) is 7.15. The van der Waals surface area contributed by atoms with Gasteiger partial charge in [0.1, 0.15) is 0 Å². The lowest BCUT2D eigenvalue weighted by Crippen LogP contribution is -2.38. The highest BCUT2D eigenvalue weighted by molar-refractivity contribution is 7.99. The van der Waals surface area contributed by atoms with Crippen LogP contribution in [0.4, 0.5) is 13.2 Å². The van der Waals surface area contributed by atoms with Crippen LogP contribution in [-0.4, -0.2) is 35.9 Å². The van der Waals surface area contributed by atoms with Gasteiger partial charge in [-0.1, -0.05) is 12.5 Å². The van der Waals surface area contributed by atoms with Gasteiger partial charge in [-0.15, -0.1) is 11.8 Å². The van der Waals surface area contributed by atoms with Gasteiger partial charge in [-0.2, -0.15) is 13.2 Å². The quantitative estimate of drug-likeness (QED) is 0.466. The minimum Gasteiger partial charge on any atom is -0.381 e. The number of hydrogen-bond donors (Lipinski definition) is 1.